The number of hydrazine groups is 1. The second-order valence-corrected chi connectivity index (χ2v) is 4.60. The van der Waals surface area contributed by atoms with Gasteiger partial charge in [0.05, 0.1) is 11.4 Å². The molecule has 0 amide bonds. The van der Waals surface area contributed by atoms with E-state index in [1.807, 2.05) is 0 Å². The Morgan fingerprint density at radius 2 is 2.00 bits per heavy atom. The molecule has 0 aliphatic carbocycles. The van der Waals surface area contributed by atoms with E-state index in [1.165, 1.54) is 12.1 Å². The van der Waals surface area contributed by atoms with Crippen molar-refractivity contribution >= 4 is 19.2 Å². The van der Waals surface area contributed by atoms with Gasteiger partial charge in [-0.1, -0.05) is 18.2 Å². The summed E-state index contributed by atoms with van der Waals surface area (Å²) in [4.78, 5) is 0. The van der Waals surface area contributed by atoms with Crippen LogP contribution in [0.15, 0.2) is 30.3 Å². The molecule has 1 rings (SSSR count). The minimum Gasteiger partial charge on any atom is -0.749 e. The Balaban J connectivity index is 2.79. The monoisotopic (exact) mass is 267 g/mol. The lowest BCUT2D eigenvalue weighted by Gasteiger charge is -2.17. The summed E-state index contributed by atoms with van der Waals surface area (Å²) in [6.45, 7) is 0. The summed E-state index contributed by atoms with van der Waals surface area (Å²) in [5, 5.41) is 0. The predicted molar refractivity (Wildman–Crippen MR) is 53.1 cm³/mol. The van der Waals surface area contributed by atoms with Crippen molar-refractivity contribution in [2.24, 2.45) is 5.84 Å². The second kappa shape index (κ2) is 6.06. The van der Waals surface area contributed by atoms with E-state index in [1.54, 1.807) is 23.8 Å². The highest BCUT2D eigenvalue weighted by atomic mass is 32.2. The van der Waals surface area contributed by atoms with Crippen molar-refractivity contribution in [2.45, 2.75) is 0 Å². The Morgan fingerprint density at radius 1 is 1.38 bits per heavy atom. The van der Waals surface area contributed by atoms with Gasteiger partial charge in [-0.05, 0) is 12.1 Å². The smallest absolute Gasteiger partial charge is 0.560 e. The van der Waals surface area contributed by atoms with Crippen molar-refractivity contribution in [3.8, 4) is 5.75 Å². The average Bonchev–Trinajstić information content (AvgIpc) is 2.17. The Bertz CT molecular complexity index is 401. The molecule has 10 heteroatoms. The van der Waals surface area contributed by atoms with E-state index in [9.17, 15) is 13.3 Å². The molecular formula is C6H8N2O6PS-. The SMILES string of the molecule is NNOP(=O)(Oc1ccccc1)OS(=O)[O-]. The van der Waals surface area contributed by atoms with Gasteiger partial charge in [-0.25, -0.2) is 14.6 Å². The summed E-state index contributed by atoms with van der Waals surface area (Å²) in [5.74, 6) is 4.84. The molecule has 0 aliphatic heterocycles. The highest BCUT2D eigenvalue weighted by molar-refractivity contribution is 7.79. The third kappa shape index (κ3) is 4.37. The first-order valence-corrected chi connectivity index (χ1v) is 6.30. The maximum absolute atomic E-state index is 11.6. The molecule has 0 spiro atoms. The van der Waals surface area contributed by atoms with E-state index in [-0.39, 0.29) is 5.75 Å². The first-order valence-electron chi connectivity index (χ1n) is 3.84. The molecule has 0 aromatic heterocycles. The molecule has 0 aliphatic rings. The third-order valence-electron chi connectivity index (χ3n) is 1.28. The van der Waals surface area contributed by atoms with Gasteiger partial charge in [-0.15, -0.1) is 5.59 Å². The molecule has 1 aromatic rings. The summed E-state index contributed by atoms with van der Waals surface area (Å²) in [7, 11) is -4.35. The molecule has 1 aromatic carbocycles. The minimum atomic E-state index is -4.35. The fraction of sp³-hybridized carbons (Fsp3) is 0. The highest BCUT2D eigenvalue weighted by Crippen LogP contribution is 2.48. The largest absolute Gasteiger partial charge is 0.749 e. The van der Waals surface area contributed by atoms with Gasteiger partial charge in [0.1, 0.15) is 5.75 Å². The molecule has 2 atom stereocenters. The van der Waals surface area contributed by atoms with E-state index in [0.29, 0.717) is 0 Å². The zero-order chi connectivity index (χ0) is 12.0. The zero-order valence-corrected chi connectivity index (χ0v) is 9.48. The summed E-state index contributed by atoms with van der Waals surface area (Å²) in [6, 6.07) is 7.73. The number of benzene rings is 1. The molecule has 0 bridgehead atoms. The summed E-state index contributed by atoms with van der Waals surface area (Å²) in [6.07, 6.45) is 0. The maximum atomic E-state index is 11.6. The third-order valence-corrected chi connectivity index (χ3v) is 3.26. The van der Waals surface area contributed by atoms with Crippen LogP contribution >= 0.6 is 7.82 Å². The maximum Gasteiger partial charge on any atom is 0.560 e. The molecule has 0 heterocycles. The number of nitrogens with one attached hydrogen (secondary N) is 1. The van der Waals surface area contributed by atoms with Gasteiger partial charge in [0.25, 0.3) is 0 Å². The quantitative estimate of drug-likeness (QED) is 0.328. The van der Waals surface area contributed by atoms with Crippen LogP contribution in [0.5, 0.6) is 5.75 Å². The average molecular weight is 267 g/mol. The summed E-state index contributed by atoms with van der Waals surface area (Å²) >= 11 is -3.07. The lowest BCUT2D eigenvalue weighted by atomic mass is 10.3. The van der Waals surface area contributed by atoms with Gasteiger partial charge in [0.2, 0.25) is 0 Å². The van der Waals surface area contributed by atoms with Crippen LogP contribution in [0.4, 0.5) is 0 Å². The molecule has 3 N–H and O–H groups in total. The van der Waals surface area contributed by atoms with Crippen molar-refractivity contribution < 1.29 is 26.4 Å². The molecule has 2 unspecified atom stereocenters. The highest BCUT2D eigenvalue weighted by Gasteiger charge is 2.30. The summed E-state index contributed by atoms with van der Waals surface area (Å²) in [5.41, 5.74) is 1.55. The summed E-state index contributed by atoms with van der Waals surface area (Å²) < 4.78 is 45.0. The van der Waals surface area contributed by atoms with Gasteiger partial charge in [0.15, 0.2) is 0 Å². The fourth-order valence-electron chi connectivity index (χ4n) is 0.799. The zero-order valence-electron chi connectivity index (χ0n) is 7.77. The minimum absolute atomic E-state index is 0.103. The lowest BCUT2D eigenvalue weighted by Crippen LogP contribution is -2.23. The van der Waals surface area contributed by atoms with E-state index < -0.39 is 19.2 Å². The van der Waals surface area contributed by atoms with Crippen LogP contribution in [0.1, 0.15) is 0 Å². The molecule has 0 radical (unpaired) electrons. The Morgan fingerprint density at radius 3 is 2.50 bits per heavy atom. The van der Waals surface area contributed by atoms with Crippen molar-refractivity contribution in [2.75, 3.05) is 0 Å². The Kier molecular flexibility index (Phi) is 5.03. The van der Waals surface area contributed by atoms with E-state index in [2.05, 4.69) is 8.59 Å². The number of rotatable bonds is 6. The topological polar surface area (TPSA) is 123 Å². The first-order chi connectivity index (χ1) is 7.56. The predicted octanol–water partition coefficient (Wildman–Crippen LogP) is 0.379. The molecule has 8 nitrogen and oxygen atoms in total. The number of para-hydroxylation sites is 1. The number of hydrogen-bond donors (Lipinski definition) is 2. The number of hydrogen-bond acceptors (Lipinski definition) is 8. The second-order valence-electron chi connectivity index (χ2n) is 2.34. The van der Waals surface area contributed by atoms with E-state index in [0.717, 1.165) is 0 Å². The van der Waals surface area contributed by atoms with Crippen LogP contribution in [0.3, 0.4) is 0 Å². The van der Waals surface area contributed by atoms with Crippen LogP contribution in [0.25, 0.3) is 0 Å². The van der Waals surface area contributed by atoms with Crippen molar-refractivity contribution in [1.82, 2.24) is 5.59 Å². The Hall–Kier alpha value is -0.800. The Labute approximate surface area is 93.7 Å². The van der Waals surface area contributed by atoms with E-state index in [4.69, 9.17) is 10.4 Å². The fourth-order valence-corrected chi connectivity index (χ4v) is 2.18. The van der Waals surface area contributed by atoms with Crippen LogP contribution in [-0.2, 0) is 24.5 Å². The molecule has 16 heavy (non-hydrogen) atoms. The number of phosphoric acid groups is 1. The molecule has 0 saturated heterocycles. The van der Waals surface area contributed by atoms with Gasteiger partial charge in [-0.2, -0.15) is 8.59 Å². The number of nitrogens with two attached hydrogens (primary N) is 1. The molecule has 90 valence electrons. The normalized spacial score (nSPS) is 16.4. The van der Waals surface area contributed by atoms with Crippen LogP contribution in [-0.4, -0.2) is 8.76 Å². The lowest BCUT2D eigenvalue weighted by molar-refractivity contribution is 0.136. The first kappa shape index (κ1) is 13.3. The van der Waals surface area contributed by atoms with Gasteiger partial charge in [-0.3, -0.25) is 0 Å². The molecule has 0 fully saturated rings. The molecule has 0 saturated carbocycles. The van der Waals surface area contributed by atoms with Crippen molar-refractivity contribution in [3.05, 3.63) is 30.3 Å². The van der Waals surface area contributed by atoms with Crippen LogP contribution in [0, 0.1) is 0 Å². The molecular weight excluding hydrogens is 259 g/mol. The van der Waals surface area contributed by atoms with Crippen LogP contribution < -0.4 is 16.0 Å². The van der Waals surface area contributed by atoms with Crippen LogP contribution in [0.2, 0.25) is 0 Å². The van der Waals surface area contributed by atoms with Crippen molar-refractivity contribution in [3.63, 3.8) is 0 Å². The van der Waals surface area contributed by atoms with Gasteiger partial charge in [0, 0.05) is 0 Å². The van der Waals surface area contributed by atoms with E-state index >= 15 is 0 Å². The van der Waals surface area contributed by atoms with Gasteiger partial charge >= 0.3 is 7.82 Å². The standard InChI is InChI=1S/C6H9N2O6PS/c7-8-13-15(9,14-16(10)11)12-6-4-2-1-3-5-6/h1-5,8H,7H2,(H,10,11)/p-1. The van der Waals surface area contributed by atoms with Crippen molar-refractivity contribution in [1.29, 1.82) is 0 Å². The van der Waals surface area contributed by atoms with Gasteiger partial charge < -0.3 is 9.08 Å².